The molecule has 0 amide bonds. The Balaban J connectivity index is 2.00. The Kier molecular flexibility index (Phi) is 2.70. The molecule has 2 rings (SSSR count). The molecule has 0 aromatic rings. The van der Waals surface area contributed by atoms with Crippen LogP contribution in [0.5, 0.6) is 0 Å². The van der Waals surface area contributed by atoms with Crippen LogP contribution in [0.25, 0.3) is 0 Å². The highest BCUT2D eigenvalue weighted by molar-refractivity contribution is 5.06. The molecular weight excluding hydrogens is 164 g/mol. The normalized spacial score (nSPS) is 36.3. The van der Waals surface area contributed by atoms with Gasteiger partial charge in [-0.15, -0.1) is 0 Å². The van der Waals surface area contributed by atoms with Gasteiger partial charge in [-0.25, -0.2) is 0 Å². The molecule has 0 radical (unpaired) electrons. The fourth-order valence-electron chi connectivity index (χ4n) is 2.32. The van der Waals surface area contributed by atoms with Crippen molar-refractivity contribution in [3.8, 4) is 0 Å². The maximum atomic E-state index is 5.55. The van der Waals surface area contributed by atoms with Gasteiger partial charge in [0.25, 0.3) is 0 Å². The minimum atomic E-state index is 0.0688. The molecule has 2 atom stereocenters. The summed E-state index contributed by atoms with van der Waals surface area (Å²) < 4.78 is 11.1. The summed E-state index contributed by atoms with van der Waals surface area (Å²) in [5.74, 6) is 1.18. The second-order valence-electron chi connectivity index (χ2n) is 4.18. The fraction of sp³-hybridized carbons (Fsp3) is 0.818. The van der Waals surface area contributed by atoms with E-state index in [2.05, 4.69) is 19.9 Å². The summed E-state index contributed by atoms with van der Waals surface area (Å²) in [6.45, 7) is 6.02. The molecule has 0 aromatic carbocycles. The van der Waals surface area contributed by atoms with E-state index in [1.54, 1.807) is 0 Å². The van der Waals surface area contributed by atoms with Gasteiger partial charge in [-0.2, -0.15) is 0 Å². The van der Waals surface area contributed by atoms with Crippen LogP contribution in [0.2, 0.25) is 0 Å². The molecule has 74 valence electrons. The number of hydrogen-bond acceptors (Lipinski definition) is 2. The standard InChI is InChI=1S/C11H18O2/c1-8-3-4-10(9(2)7-8)11-12-5-6-13-11/h7,9-11H,3-6H2,1-2H3/t9-,10-/m1/s1. The highest BCUT2D eigenvalue weighted by atomic mass is 16.7. The minimum absolute atomic E-state index is 0.0688. The number of hydrogen-bond donors (Lipinski definition) is 0. The predicted molar refractivity (Wildman–Crippen MR) is 51.3 cm³/mol. The Hall–Kier alpha value is -0.340. The van der Waals surface area contributed by atoms with Gasteiger partial charge in [0.15, 0.2) is 6.29 Å². The van der Waals surface area contributed by atoms with Crippen LogP contribution in [0.15, 0.2) is 11.6 Å². The van der Waals surface area contributed by atoms with E-state index < -0.39 is 0 Å². The van der Waals surface area contributed by atoms with Gasteiger partial charge in [-0.05, 0) is 25.7 Å². The number of ether oxygens (including phenoxy) is 2. The van der Waals surface area contributed by atoms with E-state index in [1.165, 1.54) is 18.4 Å². The molecule has 0 spiro atoms. The zero-order valence-electron chi connectivity index (χ0n) is 8.45. The monoisotopic (exact) mass is 182 g/mol. The van der Waals surface area contributed by atoms with Gasteiger partial charge in [-0.3, -0.25) is 0 Å². The average Bonchev–Trinajstić information content (AvgIpc) is 2.56. The summed E-state index contributed by atoms with van der Waals surface area (Å²) in [6.07, 6.45) is 4.85. The molecule has 0 N–H and O–H groups in total. The summed E-state index contributed by atoms with van der Waals surface area (Å²) in [6, 6.07) is 0. The van der Waals surface area contributed by atoms with Crippen LogP contribution in [0.3, 0.4) is 0 Å². The zero-order chi connectivity index (χ0) is 9.26. The maximum absolute atomic E-state index is 5.55. The lowest BCUT2D eigenvalue weighted by Crippen LogP contribution is -2.28. The third-order valence-electron chi connectivity index (χ3n) is 3.09. The van der Waals surface area contributed by atoms with E-state index in [0.29, 0.717) is 11.8 Å². The number of allylic oxidation sites excluding steroid dienone is 2. The number of rotatable bonds is 1. The predicted octanol–water partition coefficient (Wildman–Crippen LogP) is 2.35. The van der Waals surface area contributed by atoms with Crippen molar-refractivity contribution < 1.29 is 9.47 Å². The van der Waals surface area contributed by atoms with E-state index in [4.69, 9.17) is 9.47 Å². The highest BCUT2D eigenvalue weighted by Crippen LogP contribution is 2.33. The van der Waals surface area contributed by atoms with E-state index in [0.717, 1.165) is 13.2 Å². The second kappa shape index (κ2) is 3.81. The van der Waals surface area contributed by atoms with Crippen LogP contribution in [-0.4, -0.2) is 19.5 Å². The maximum Gasteiger partial charge on any atom is 0.161 e. The Morgan fingerprint density at radius 1 is 1.31 bits per heavy atom. The van der Waals surface area contributed by atoms with Crippen LogP contribution in [0, 0.1) is 11.8 Å². The van der Waals surface area contributed by atoms with Crippen molar-refractivity contribution in [1.82, 2.24) is 0 Å². The van der Waals surface area contributed by atoms with Crippen molar-refractivity contribution in [2.45, 2.75) is 33.0 Å². The summed E-state index contributed by atoms with van der Waals surface area (Å²) in [5, 5.41) is 0. The minimum Gasteiger partial charge on any atom is -0.350 e. The van der Waals surface area contributed by atoms with Crippen molar-refractivity contribution in [2.24, 2.45) is 11.8 Å². The molecule has 1 fully saturated rings. The van der Waals surface area contributed by atoms with Gasteiger partial charge < -0.3 is 9.47 Å². The van der Waals surface area contributed by atoms with Crippen LogP contribution < -0.4 is 0 Å². The SMILES string of the molecule is CC1=C[C@@H](C)[C@H](C2OCCO2)CC1. The molecule has 1 heterocycles. The van der Waals surface area contributed by atoms with Gasteiger partial charge >= 0.3 is 0 Å². The topological polar surface area (TPSA) is 18.5 Å². The fourth-order valence-corrected chi connectivity index (χ4v) is 2.32. The summed E-state index contributed by atoms with van der Waals surface area (Å²) in [5.41, 5.74) is 1.52. The molecular formula is C11H18O2. The first-order chi connectivity index (χ1) is 6.27. The Morgan fingerprint density at radius 3 is 2.62 bits per heavy atom. The first kappa shape index (κ1) is 9.22. The summed E-state index contributed by atoms with van der Waals surface area (Å²) in [7, 11) is 0. The average molecular weight is 182 g/mol. The lowest BCUT2D eigenvalue weighted by molar-refractivity contribution is -0.0962. The smallest absolute Gasteiger partial charge is 0.161 e. The molecule has 0 aromatic heterocycles. The van der Waals surface area contributed by atoms with Gasteiger partial charge in [0.05, 0.1) is 13.2 Å². The lowest BCUT2D eigenvalue weighted by atomic mass is 9.82. The molecule has 1 aliphatic carbocycles. The van der Waals surface area contributed by atoms with Crippen LogP contribution in [-0.2, 0) is 9.47 Å². The lowest BCUT2D eigenvalue weighted by Gasteiger charge is -2.30. The van der Waals surface area contributed by atoms with Gasteiger partial charge in [-0.1, -0.05) is 18.6 Å². The molecule has 0 unspecified atom stereocenters. The Labute approximate surface area is 79.9 Å². The molecule has 0 saturated carbocycles. The van der Waals surface area contributed by atoms with Crippen molar-refractivity contribution in [2.75, 3.05) is 13.2 Å². The first-order valence-corrected chi connectivity index (χ1v) is 5.18. The Morgan fingerprint density at radius 2 is 2.00 bits per heavy atom. The third kappa shape index (κ3) is 1.94. The van der Waals surface area contributed by atoms with Crippen molar-refractivity contribution in [1.29, 1.82) is 0 Å². The highest BCUT2D eigenvalue weighted by Gasteiger charge is 2.31. The van der Waals surface area contributed by atoms with Crippen molar-refractivity contribution in [3.63, 3.8) is 0 Å². The van der Waals surface area contributed by atoms with Crippen LogP contribution in [0.1, 0.15) is 26.7 Å². The van der Waals surface area contributed by atoms with Crippen LogP contribution >= 0.6 is 0 Å². The molecule has 2 nitrogen and oxygen atoms in total. The Bertz CT molecular complexity index is 204. The van der Waals surface area contributed by atoms with Gasteiger partial charge in [0.1, 0.15) is 0 Å². The first-order valence-electron chi connectivity index (χ1n) is 5.18. The van der Waals surface area contributed by atoms with E-state index >= 15 is 0 Å². The molecule has 1 aliphatic heterocycles. The zero-order valence-corrected chi connectivity index (χ0v) is 8.45. The van der Waals surface area contributed by atoms with Gasteiger partial charge in [0.2, 0.25) is 0 Å². The summed E-state index contributed by atoms with van der Waals surface area (Å²) >= 11 is 0. The quantitative estimate of drug-likeness (QED) is 0.579. The van der Waals surface area contributed by atoms with Crippen molar-refractivity contribution in [3.05, 3.63) is 11.6 Å². The van der Waals surface area contributed by atoms with Crippen molar-refractivity contribution >= 4 is 0 Å². The molecule has 13 heavy (non-hydrogen) atoms. The van der Waals surface area contributed by atoms with E-state index in [9.17, 15) is 0 Å². The van der Waals surface area contributed by atoms with E-state index in [-0.39, 0.29) is 6.29 Å². The third-order valence-corrected chi connectivity index (χ3v) is 3.09. The molecule has 2 heteroatoms. The molecule has 1 saturated heterocycles. The van der Waals surface area contributed by atoms with E-state index in [1.807, 2.05) is 0 Å². The summed E-state index contributed by atoms with van der Waals surface area (Å²) in [4.78, 5) is 0. The molecule has 0 bridgehead atoms. The molecule has 2 aliphatic rings. The largest absolute Gasteiger partial charge is 0.350 e. The van der Waals surface area contributed by atoms with Crippen LogP contribution in [0.4, 0.5) is 0 Å². The second-order valence-corrected chi connectivity index (χ2v) is 4.18. The van der Waals surface area contributed by atoms with Gasteiger partial charge in [0, 0.05) is 5.92 Å².